The van der Waals surface area contributed by atoms with E-state index in [0.717, 1.165) is 26.2 Å². The standard InChI is InChI=1S/C40H84N4/c1-3-5-7-9-11-13-15-17-19-21-23-25-27-29-35-43-37-31-41-33-39-44(40-34-42-32-38-43)36-30-28-26-24-22-20-18-16-14-12-10-8-6-4-2/h41-42H,3-40H2,1-2H3. The summed E-state index contributed by atoms with van der Waals surface area (Å²) in [5.41, 5.74) is 0. The van der Waals surface area contributed by atoms with Crippen molar-refractivity contribution in [1.82, 2.24) is 20.4 Å². The lowest BCUT2D eigenvalue weighted by molar-refractivity contribution is 0.236. The van der Waals surface area contributed by atoms with Crippen LogP contribution in [0.15, 0.2) is 0 Å². The molecule has 0 aromatic heterocycles. The fraction of sp³-hybridized carbons (Fsp3) is 1.00. The molecule has 0 aliphatic carbocycles. The molecule has 1 heterocycles. The number of nitrogens with zero attached hydrogens (tertiary/aromatic N) is 2. The highest BCUT2D eigenvalue weighted by atomic mass is 15.2. The van der Waals surface area contributed by atoms with E-state index in [4.69, 9.17) is 0 Å². The Morgan fingerprint density at radius 1 is 0.295 bits per heavy atom. The number of hydrogen-bond acceptors (Lipinski definition) is 4. The normalized spacial score (nSPS) is 16.2. The van der Waals surface area contributed by atoms with Crippen LogP contribution in [0.3, 0.4) is 0 Å². The van der Waals surface area contributed by atoms with Gasteiger partial charge in [0.2, 0.25) is 0 Å². The zero-order chi connectivity index (χ0) is 31.4. The van der Waals surface area contributed by atoms with Crippen molar-refractivity contribution in [3.63, 3.8) is 0 Å². The van der Waals surface area contributed by atoms with Gasteiger partial charge in [0.25, 0.3) is 0 Å². The Kier molecular flexibility index (Phi) is 34.0. The first-order valence-electron chi connectivity index (χ1n) is 20.7. The van der Waals surface area contributed by atoms with E-state index in [1.165, 1.54) is 219 Å². The predicted molar refractivity (Wildman–Crippen MR) is 199 cm³/mol. The van der Waals surface area contributed by atoms with Crippen molar-refractivity contribution in [2.24, 2.45) is 0 Å². The molecule has 0 spiro atoms. The van der Waals surface area contributed by atoms with Gasteiger partial charge in [-0.15, -0.1) is 0 Å². The molecule has 0 unspecified atom stereocenters. The number of rotatable bonds is 30. The molecule has 4 heteroatoms. The Labute approximate surface area is 279 Å². The van der Waals surface area contributed by atoms with Crippen LogP contribution in [0.4, 0.5) is 0 Å². The minimum Gasteiger partial charge on any atom is -0.314 e. The van der Waals surface area contributed by atoms with E-state index < -0.39 is 0 Å². The smallest absolute Gasteiger partial charge is 0.0107 e. The van der Waals surface area contributed by atoms with Gasteiger partial charge in [0.1, 0.15) is 0 Å². The molecular weight excluding hydrogens is 536 g/mol. The second-order valence-corrected chi connectivity index (χ2v) is 14.4. The Balaban J connectivity index is 1.93. The number of unbranched alkanes of at least 4 members (excludes halogenated alkanes) is 26. The lowest BCUT2D eigenvalue weighted by Gasteiger charge is -2.27. The van der Waals surface area contributed by atoms with Crippen LogP contribution in [-0.2, 0) is 0 Å². The number of hydrogen-bond donors (Lipinski definition) is 2. The second-order valence-electron chi connectivity index (χ2n) is 14.4. The molecule has 264 valence electrons. The van der Waals surface area contributed by atoms with E-state index >= 15 is 0 Å². The predicted octanol–water partition coefficient (Wildman–Crippen LogP) is 10.7. The Bertz CT molecular complexity index is 470. The monoisotopic (exact) mass is 621 g/mol. The maximum absolute atomic E-state index is 3.76. The summed E-state index contributed by atoms with van der Waals surface area (Å²) in [6.07, 6.45) is 40.5. The average Bonchev–Trinajstić information content (AvgIpc) is 3.03. The Morgan fingerprint density at radius 3 is 0.727 bits per heavy atom. The van der Waals surface area contributed by atoms with Crippen LogP contribution < -0.4 is 10.6 Å². The molecule has 44 heavy (non-hydrogen) atoms. The molecule has 0 aromatic carbocycles. The largest absolute Gasteiger partial charge is 0.314 e. The lowest BCUT2D eigenvalue weighted by Crippen LogP contribution is -2.43. The SMILES string of the molecule is CCCCCCCCCCCCCCCCN1CCNCCN(CCCCCCCCCCCCCCCC)CCNCC1. The molecule has 0 saturated carbocycles. The van der Waals surface area contributed by atoms with Gasteiger partial charge >= 0.3 is 0 Å². The highest BCUT2D eigenvalue weighted by molar-refractivity contribution is 4.68. The third-order valence-electron chi connectivity index (χ3n) is 10.1. The third kappa shape index (κ3) is 30.5. The van der Waals surface area contributed by atoms with E-state index in [1.807, 2.05) is 0 Å². The summed E-state index contributed by atoms with van der Waals surface area (Å²) in [6.45, 7) is 16.6. The first-order valence-corrected chi connectivity index (χ1v) is 20.7. The maximum atomic E-state index is 3.76. The van der Waals surface area contributed by atoms with Gasteiger partial charge in [-0.1, -0.05) is 181 Å². The molecule has 1 fully saturated rings. The zero-order valence-electron chi connectivity index (χ0n) is 30.8. The van der Waals surface area contributed by atoms with Gasteiger partial charge in [-0.3, -0.25) is 0 Å². The van der Waals surface area contributed by atoms with Gasteiger partial charge < -0.3 is 20.4 Å². The van der Waals surface area contributed by atoms with Crippen LogP contribution in [0, 0.1) is 0 Å². The van der Waals surface area contributed by atoms with Gasteiger partial charge in [-0.25, -0.2) is 0 Å². The molecule has 1 saturated heterocycles. The van der Waals surface area contributed by atoms with Gasteiger partial charge in [-0.2, -0.15) is 0 Å². The van der Waals surface area contributed by atoms with Crippen molar-refractivity contribution in [2.75, 3.05) is 65.4 Å². The lowest BCUT2D eigenvalue weighted by atomic mass is 10.0. The molecule has 0 amide bonds. The summed E-state index contributed by atoms with van der Waals surface area (Å²) in [7, 11) is 0. The zero-order valence-corrected chi connectivity index (χ0v) is 30.8. The minimum absolute atomic E-state index is 1.14. The minimum atomic E-state index is 1.14. The van der Waals surface area contributed by atoms with Crippen LogP contribution in [0.25, 0.3) is 0 Å². The van der Waals surface area contributed by atoms with Gasteiger partial charge in [0.15, 0.2) is 0 Å². The first kappa shape index (κ1) is 41.9. The quantitative estimate of drug-likeness (QED) is 0.0782. The van der Waals surface area contributed by atoms with E-state index in [9.17, 15) is 0 Å². The molecular formula is C40H84N4. The van der Waals surface area contributed by atoms with Gasteiger partial charge in [0, 0.05) is 52.4 Å². The van der Waals surface area contributed by atoms with E-state index in [-0.39, 0.29) is 0 Å². The van der Waals surface area contributed by atoms with Crippen LogP contribution in [0.5, 0.6) is 0 Å². The molecule has 2 N–H and O–H groups in total. The summed E-state index contributed by atoms with van der Waals surface area (Å²) in [5.74, 6) is 0. The topological polar surface area (TPSA) is 30.5 Å². The van der Waals surface area contributed by atoms with Crippen molar-refractivity contribution in [3.8, 4) is 0 Å². The molecule has 1 aliphatic rings. The van der Waals surface area contributed by atoms with Crippen molar-refractivity contribution in [2.45, 2.75) is 194 Å². The fourth-order valence-electron chi connectivity index (χ4n) is 6.93. The molecule has 0 bridgehead atoms. The highest BCUT2D eigenvalue weighted by Gasteiger charge is 2.09. The Morgan fingerprint density at radius 2 is 0.500 bits per heavy atom. The summed E-state index contributed by atoms with van der Waals surface area (Å²) < 4.78 is 0. The maximum Gasteiger partial charge on any atom is 0.0107 e. The van der Waals surface area contributed by atoms with E-state index in [0.29, 0.717) is 0 Å². The molecule has 4 nitrogen and oxygen atoms in total. The average molecular weight is 621 g/mol. The summed E-state index contributed by atoms with van der Waals surface area (Å²) in [6, 6.07) is 0. The summed E-state index contributed by atoms with van der Waals surface area (Å²) >= 11 is 0. The van der Waals surface area contributed by atoms with Gasteiger partial charge in [0.05, 0.1) is 0 Å². The van der Waals surface area contributed by atoms with Crippen LogP contribution >= 0.6 is 0 Å². The van der Waals surface area contributed by atoms with Crippen molar-refractivity contribution in [3.05, 3.63) is 0 Å². The summed E-state index contributed by atoms with van der Waals surface area (Å²) in [4.78, 5) is 5.41. The first-order chi connectivity index (χ1) is 21.9. The summed E-state index contributed by atoms with van der Waals surface area (Å²) in [5, 5.41) is 7.53. The number of nitrogens with one attached hydrogen (secondary N) is 2. The van der Waals surface area contributed by atoms with Crippen molar-refractivity contribution < 1.29 is 0 Å². The third-order valence-corrected chi connectivity index (χ3v) is 10.1. The van der Waals surface area contributed by atoms with E-state index in [2.05, 4.69) is 34.3 Å². The van der Waals surface area contributed by atoms with Gasteiger partial charge in [-0.05, 0) is 25.9 Å². The molecule has 0 aromatic rings. The van der Waals surface area contributed by atoms with Crippen LogP contribution in [0.2, 0.25) is 0 Å². The fourth-order valence-corrected chi connectivity index (χ4v) is 6.93. The molecule has 1 aliphatic heterocycles. The van der Waals surface area contributed by atoms with E-state index in [1.54, 1.807) is 0 Å². The van der Waals surface area contributed by atoms with Crippen LogP contribution in [0.1, 0.15) is 194 Å². The molecule has 0 radical (unpaired) electrons. The highest BCUT2D eigenvalue weighted by Crippen LogP contribution is 2.14. The van der Waals surface area contributed by atoms with Crippen LogP contribution in [-0.4, -0.2) is 75.2 Å². The van der Waals surface area contributed by atoms with Crippen molar-refractivity contribution in [1.29, 1.82) is 0 Å². The molecule has 1 rings (SSSR count). The second kappa shape index (κ2) is 35.7. The molecule has 0 atom stereocenters. The van der Waals surface area contributed by atoms with Crippen molar-refractivity contribution >= 4 is 0 Å². The Hall–Kier alpha value is -0.160.